The van der Waals surface area contributed by atoms with Gasteiger partial charge in [-0.05, 0) is 52.3 Å². The van der Waals surface area contributed by atoms with Gasteiger partial charge in [-0.1, -0.05) is 6.07 Å². The number of hydrogen-bond acceptors (Lipinski definition) is 3. The normalized spacial score (nSPS) is 12.0. The predicted molar refractivity (Wildman–Crippen MR) is 87.4 cm³/mol. The summed E-state index contributed by atoms with van der Waals surface area (Å²) >= 11 is 0. The van der Waals surface area contributed by atoms with Gasteiger partial charge in [0, 0.05) is 31.8 Å². The Kier molecular flexibility index (Phi) is 6.62. The van der Waals surface area contributed by atoms with Crippen LogP contribution in [0.5, 0.6) is 0 Å². The zero-order valence-electron chi connectivity index (χ0n) is 14.2. The molecule has 120 valence electrons. The lowest BCUT2D eigenvalue weighted by Gasteiger charge is -2.29. The number of nitrogens with one attached hydrogen (secondary N) is 1. The standard InChI is InChI=1S/C17H29FN2O/c1-13(2)20(9-10-21-6)16-8-7-14(11-15(16)18)12-19-17(3,4)5/h7-8,11,13,19H,9-10,12H2,1-6H3. The van der Waals surface area contributed by atoms with Gasteiger partial charge < -0.3 is 15.0 Å². The minimum atomic E-state index is -0.173. The van der Waals surface area contributed by atoms with E-state index in [9.17, 15) is 4.39 Å². The second-order valence-electron chi connectivity index (χ2n) is 6.67. The van der Waals surface area contributed by atoms with Gasteiger partial charge in [-0.15, -0.1) is 0 Å². The molecule has 0 aliphatic rings. The Bertz CT molecular complexity index is 441. The molecular weight excluding hydrogens is 267 g/mol. The van der Waals surface area contributed by atoms with Crippen LogP contribution in [-0.4, -0.2) is 31.8 Å². The van der Waals surface area contributed by atoms with E-state index in [1.807, 2.05) is 17.0 Å². The highest BCUT2D eigenvalue weighted by Gasteiger charge is 2.15. The minimum absolute atomic E-state index is 0.0254. The molecule has 3 nitrogen and oxygen atoms in total. The minimum Gasteiger partial charge on any atom is -0.383 e. The summed E-state index contributed by atoms with van der Waals surface area (Å²) in [5, 5.41) is 3.37. The maximum Gasteiger partial charge on any atom is 0.146 e. The number of ether oxygens (including phenoxy) is 1. The summed E-state index contributed by atoms with van der Waals surface area (Å²) in [6.07, 6.45) is 0. The van der Waals surface area contributed by atoms with Crippen molar-refractivity contribution in [3.05, 3.63) is 29.6 Å². The Hall–Kier alpha value is -1.13. The SMILES string of the molecule is COCCN(c1ccc(CNC(C)(C)C)cc1F)C(C)C. The molecule has 0 heterocycles. The molecular formula is C17H29FN2O. The van der Waals surface area contributed by atoms with Gasteiger partial charge in [-0.3, -0.25) is 0 Å². The van der Waals surface area contributed by atoms with Crippen LogP contribution >= 0.6 is 0 Å². The van der Waals surface area contributed by atoms with Crippen LogP contribution in [0.4, 0.5) is 10.1 Å². The molecule has 21 heavy (non-hydrogen) atoms. The van der Waals surface area contributed by atoms with Crippen molar-refractivity contribution < 1.29 is 9.13 Å². The number of rotatable bonds is 7. The fourth-order valence-electron chi connectivity index (χ4n) is 2.11. The molecule has 0 unspecified atom stereocenters. The topological polar surface area (TPSA) is 24.5 Å². The maximum absolute atomic E-state index is 14.4. The zero-order valence-corrected chi connectivity index (χ0v) is 14.2. The van der Waals surface area contributed by atoms with Crippen LogP contribution in [0.1, 0.15) is 40.2 Å². The molecule has 0 atom stereocenters. The first kappa shape index (κ1) is 17.9. The van der Waals surface area contributed by atoms with E-state index in [0.717, 1.165) is 5.56 Å². The summed E-state index contributed by atoms with van der Waals surface area (Å²) in [7, 11) is 1.66. The Balaban J connectivity index is 2.84. The van der Waals surface area contributed by atoms with Gasteiger partial charge in [-0.25, -0.2) is 4.39 Å². The molecule has 0 aliphatic carbocycles. The van der Waals surface area contributed by atoms with Crippen LogP contribution in [-0.2, 0) is 11.3 Å². The average molecular weight is 296 g/mol. The lowest BCUT2D eigenvalue weighted by atomic mass is 10.1. The van der Waals surface area contributed by atoms with E-state index in [-0.39, 0.29) is 17.4 Å². The van der Waals surface area contributed by atoms with Crippen molar-refractivity contribution in [1.82, 2.24) is 5.32 Å². The Morgan fingerprint density at radius 2 is 1.95 bits per heavy atom. The fraction of sp³-hybridized carbons (Fsp3) is 0.647. The Labute approximate surface area is 128 Å². The van der Waals surface area contributed by atoms with E-state index in [1.54, 1.807) is 13.2 Å². The highest BCUT2D eigenvalue weighted by molar-refractivity contribution is 5.50. The summed E-state index contributed by atoms with van der Waals surface area (Å²) in [5.41, 5.74) is 1.63. The number of halogens is 1. The van der Waals surface area contributed by atoms with E-state index in [2.05, 4.69) is 39.9 Å². The van der Waals surface area contributed by atoms with E-state index < -0.39 is 0 Å². The molecule has 0 bridgehead atoms. The van der Waals surface area contributed by atoms with Crippen molar-refractivity contribution in [2.75, 3.05) is 25.2 Å². The van der Waals surface area contributed by atoms with Gasteiger partial charge >= 0.3 is 0 Å². The van der Waals surface area contributed by atoms with Gasteiger partial charge in [0.15, 0.2) is 0 Å². The molecule has 1 rings (SSSR count). The third-order valence-corrected chi connectivity index (χ3v) is 3.30. The number of nitrogens with zero attached hydrogens (tertiary/aromatic N) is 1. The van der Waals surface area contributed by atoms with Crippen LogP contribution in [0.2, 0.25) is 0 Å². The third-order valence-electron chi connectivity index (χ3n) is 3.30. The smallest absolute Gasteiger partial charge is 0.146 e. The lowest BCUT2D eigenvalue weighted by Crippen LogP contribution is -2.35. The first-order chi connectivity index (χ1) is 9.74. The van der Waals surface area contributed by atoms with Crippen LogP contribution in [0, 0.1) is 5.82 Å². The summed E-state index contributed by atoms with van der Waals surface area (Å²) in [6, 6.07) is 5.70. The molecule has 0 spiro atoms. The molecule has 4 heteroatoms. The Morgan fingerprint density at radius 1 is 1.29 bits per heavy atom. The number of anilines is 1. The van der Waals surface area contributed by atoms with E-state index in [0.29, 0.717) is 25.4 Å². The van der Waals surface area contributed by atoms with E-state index in [4.69, 9.17) is 4.74 Å². The number of methoxy groups -OCH3 is 1. The van der Waals surface area contributed by atoms with Crippen LogP contribution in [0.3, 0.4) is 0 Å². The van der Waals surface area contributed by atoms with Crippen molar-refractivity contribution in [1.29, 1.82) is 0 Å². The second-order valence-corrected chi connectivity index (χ2v) is 6.67. The van der Waals surface area contributed by atoms with Crippen LogP contribution in [0.25, 0.3) is 0 Å². The second kappa shape index (κ2) is 7.76. The maximum atomic E-state index is 14.4. The highest BCUT2D eigenvalue weighted by Crippen LogP contribution is 2.22. The quantitative estimate of drug-likeness (QED) is 0.832. The molecule has 0 radical (unpaired) electrons. The largest absolute Gasteiger partial charge is 0.383 e. The predicted octanol–water partition coefficient (Wildman–Crippen LogP) is 3.58. The lowest BCUT2D eigenvalue weighted by molar-refractivity contribution is 0.203. The summed E-state index contributed by atoms with van der Waals surface area (Å²) < 4.78 is 19.5. The highest BCUT2D eigenvalue weighted by atomic mass is 19.1. The molecule has 1 aromatic rings. The molecule has 0 amide bonds. The molecule has 0 fully saturated rings. The zero-order chi connectivity index (χ0) is 16.0. The molecule has 1 aromatic carbocycles. The van der Waals surface area contributed by atoms with Crippen LogP contribution in [0.15, 0.2) is 18.2 Å². The summed E-state index contributed by atoms with van der Waals surface area (Å²) in [4.78, 5) is 2.03. The summed E-state index contributed by atoms with van der Waals surface area (Å²) in [6.45, 7) is 12.4. The van der Waals surface area contributed by atoms with Crippen molar-refractivity contribution in [2.45, 2.75) is 52.7 Å². The van der Waals surface area contributed by atoms with Gasteiger partial charge in [0.05, 0.1) is 12.3 Å². The molecule has 0 saturated carbocycles. The fourth-order valence-corrected chi connectivity index (χ4v) is 2.11. The van der Waals surface area contributed by atoms with Gasteiger partial charge in [0.25, 0.3) is 0 Å². The third kappa shape index (κ3) is 6.02. The molecule has 1 N–H and O–H groups in total. The number of hydrogen-bond donors (Lipinski definition) is 1. The molecule has 0 aromatic heterocycles. The first-order valence-electron chi connectivity index (χ1n) is 7.53. The van der Waals surface area contributed by atoms with Gasteiger partial charge in [-0.2, -0.15) is 0 Å². The van der Waals surface area contributed by atoms with Crippen LogP contribution < -0.4 is 10.2 Å². The van der Waals surface area contributed by atoms with E-state index >= 15 is 0 Å². The van der Waals surface area contributed by atoms with Crippen molar-refractivity contribution >= 4 is 5.69 Å². The molecule has 0 aliphatic heterocycles. The Morgan fingerprint density at radius 3 is 2.43 bits per heavy atom. The average Bonchev–Trinajstić information content (AvgIpc) is 2.37. The van der Waals surface area contributed by atoms with Crippen molar-refractivity contribution in [3.8, 4) is 0 Å². The monoisotopic (exact) mass is 296 g/mol. The van der Waals surface area contributed by atoms with Crippen molar-refractivity contribution in [2.24, 2.45) is 0 Å². The number of benzene rings is 1. The summed E-state index contributed by atoms with van der Waals surface area (Å²) in [5.74, 6) is -0.173. The molecule has 0 saturated heterocycles. The van der Waals surface area contributed by atoms with Crippen molar-refractivity contribution in [3.63, 3.8) is 0 Å². The first-order valence-corrected chi connectivity index (χ1v) is 7.53. The van der Waals surface area contributed by atoms with Gasteiger partial charge in [0.2, 0.25) is 0 Å². The van der Waals surface area contributed by atoms with Gasteiger partial charge in [0.1, 0.15) is 5.82 Å². The van der Waals surface area contributed by atoms with E-state index in [1.165, 1.54) is 0 Å².